The SMILES string of the molecule is COc1ccc(Br)cc1NC(=O)C1CCCCC1CN. The molecule has 2 unspecified atom stereocenters. The minimum atomic E-state index is 0.0115. The van der Waals surface area contributed by atoms with Crippen molar-refractivity contribution in [3.8, 4) is 5.75 Å². The molecule has 20 heavy (non-hydrogen) atoms. The highest BCUT2D eigenvalue weighted by molar-refractivity contribution is 9.10. The second kappa shape index (κ2) is 7.09. The number of hydrogen-bond acceptors (Lipinski definition) is 3. The van der Waals surface area contributed by atoms with Crippen LogP contribution in [0.1, 0.15) is 25.7 Å². The van der Waals surface area contributed by atoms with E-state index in [1.807, 2.05) is 18.2 Å². The minimum Gasteiger partial charge on any atom is -0.495 e. The third-order valence-corrected chi connectivity index (χ3v) is 4.46. The summed E-state index contributed by atoms with van der Waals surface area (Å²) in [5.41, 5.74) is 6.49. The van der Waals surface area contributed by atoms with E-state index in [9.17, 15) is 4.79 Å². The van der Waals surface area contributed by atoms with Crippen LogP contribution in [0.4, 0.5) is 5.69 Å². The van der Waals surface area contributed by atoms with E-state index in [2.05, 4.69) is 21.2 Å². The summed E-state index contributed by atoms with van der Waals surface area (Å²) in [4.78, 5) is 12.5. The molecule has 0 radical (unpaired) electrons. The average Bonchev–Trinajstić information content (AvgIpc) is 2.47. The van der Waals surface area contributed by atoms with Crippen molar-refractivity contribution in [3.05, 3.63) is 22.7 Å². The van der Waals surface area contributed by atoms with Gasteiger partial charge in [-0.25, -0.2) is 0 Å². The summed E-state index contributed by atoms with van der Waals surface area (Å²) in [5, 5.41) is 2.99. The number of halogens is 1. The molecule has 0 spiro atoms. The van der Waals surface area contributed by atoms with Crippen molar-refractivity contribution < 1.29 is 9.53 Å². The Kier molecular flexibility index (Phi) is 5.43. The van der Waals surface area contributed by atoms with Gasteiger partial charge in [0.2, 0.25) is 5.91 Å². The highest BCUT2D eigenvalue weighted by atomic mass is 79.9. The Labute approximate surface area is 128 Å². The third kappa shape index (κ3) is 3.52. The van der Waals surface area contributed by atoms with Gasteiger partial charge in [0, 0.05) is 10.4 Å². The van der Waals surface area contributed by atoms with E-state index in [1.165, 1.54) is 6.42 Å². The molecule has 0 bridgehead atoms. The lowest BCUT2D eigenvalue weighted by atomic mass is 9.78. The normalized spacial score (nSPS) is 22.4. The van der Waals surface area contributed by atoms with E-state index < -0.39 is 0 Å². The average molecular weight is 341 g/mol. The zero-order chi connectivity index (χ0) is 14.5. The highest BCUT2D eigenvalue weighted by Crippen LogP contribution is 2.33. The number of hydrogen-bond donors (Lipinski definition) is 2. The number of carbonyl (C=O) groups is 1. The number of nitrogens with one attached hydrogen (secondary N) is 1. The van der Waals surface area contributed by atoms with Gasteiger partial charge in [-0.1, -0.05) is 28.8 Å². The standard InChI is InChI=1S/C15H21BrN2O2/c1-20-14-7-6-11(16)8-13(14)18-15(19)12-5-3-2-4-10(12)9-17/h6-8,10,12H,2-5,9,17H2,1H3,(H,18,19). The zero-order valence-corrected chi connectivity index (χ0v) is 13.3. The molecule has 5 heteroatoms. The fourth-order valence-corrected chi connectivity index (χ4v) is 3.20. The van der Waals surface area contributed by atoms with Gasteiger partial charge in [-0.2, -0.15) is 0 Å². The third-order valence-electron chi connectivity index (χ3n) is 3.97. The lowest BCUT2D eigenvalue weighted by molar-refractivity contribution is -0.122. The number of nitrogens with two attached hydrogens (primary N) is 1. The molecule has 0 saturated heterocycles. The van der Waals surface area contributed by atoms with Crippen LogP contribution in [0.15, 0.2) is 22.7 Å². The number of ether oxygens (including phenoxy) is 1. The summed E-state index contributed by atoms with van der Waals surface area (Å²) in [5.74, 6) is 1.03. The van der Waals surface area contributed by atoms with E-state index in [4.69, 9.17) is 10.5 Å². The Bertz CT molecular complexity index is 479. The number of rotatable bonds is 4. The first kappa shape index (κ1) is 15.3. The van der Waals surface area contributed by atoms with Crippen molar-refractivity contribution in [1.82, 2.24) is 0 Å². The van der Waals surface area contributed by atoms with Crippen LogP contribution < -0.4 is 15.8 Å². The second-order valence-electron chi connectivity index (χ2n) is 5.22. The molecule has 0 aliphatic heterocycles. The molecule has 1 aromatic rings. The molecule has 110 valence electrons. The number of benzene rings is 1. The summed E-state index contributed by atoms with van der Waals surface area (Å²) in [6.07, 6.45) is 4.24. The lowest BCUT2D eigenvalue weighted by Gasteiger charge is -2.29. The maximum absolute atomic E-state index is 12.5. The van der Waals surface area contributed by atoms with Crippen LogP contribution in [0.3, 0.4) is 0 Å². The molecular weight excluding hydrogens is 320 g/mol. The van der Waals surface area contributed by atoms with E-state index in [0.717, 1.165) is 23.7 Å². The molecule has 1 aliphatic carbocycles. The van der Waals surface area contributed by atoms with Gasteiger partial charge in [0.05, 0.1) is 12.8 Å². The molecule has 0 aromatic heterocycles. The fourth-order valence-electron chi connectivity index (χ4n) is 2.84. The quantitative estimate of drug-likeness (QED) is 0.884. The van der Waals surface area contributed by atoms with Gasteiger partial charge in [0.25, 0.3) is 0 Å². The predicted molar refractivity (Wildman–Crippen MR) is 83.8 cm³/mol. The van der Waals surface area contributed by atoms with Gasteiger partial charge in [0.1, 0.15) is 5.75 Å². The summed E-state index contributed by atoms with van der Waals surface area (Å²) < 4.78 is 6.19. The van der Waals surface area contributed by atoms with Gasteiger partial charge in [0.15, 0.2) is 0 Å². The Balaban J connectivity index is 2.12. The van der Waals surface area contributed by atoms with Crippen molar-refractivity contribution in [2.45, 2.75) is 25.7 Å². The molecule has 0 heterocycles. The van der Waals surface area contributed by atoms with Crippen LogP contribution in [-0.2, 0) is 4.79 Å². The fraction of sp³-hybridized carbons (Fsp3) is 0.533. The summed E-state index contributed by atoms with van der Waals surface area (Å²) >= 11 is 3.41. The van der Waals surface area contributed by atoms with Crippen LogP contribution in [-0.4, -0.2) is 19.6 Å². The monoisotopic (exact) mass is 340 g/mol. The first-order valence-electron chi connectivity index (χ1n) is 7.00. The molecule has 1 aromatic carbocycles. The van der Waals surface area contributed by atoms with Gasteiger partial charge in [-0.15, -0.1) is 0 Å². The maximum atomic E-state index is 12.5. The van der Waals surface area contributed by atoms with Gasteiger partial charge < -0.3 is 15.8 Å². The van der Waals surface area contributed by atoms with Crippen molar-refractivity contribution in [1.29, 1.82) is 0 Å². The molecule has 2 atom stereocenters. The van der Waals surface area contributed by atoms with E-state index in [-0.39, 0.29) is 11.8 Å². The first-order valence-corrected chi connectivity index (χ1v) is 7.79. The summed E-state index contributed by atoms with van der Waals surface area (Å²) in [6.45, 7) is 0.577. The molecule has 1 amide bonds. The molecule has 3 N–H and O–H groups in total. The minimum absolute atomic E-state index is 0.0115. The Hall–Kier alpha value is -1.07. The lowest BCUT2D eigenvalue weighted by Crippen LogP contribution is -2.35. The Morgan fingerprint density at radius 3 is 2.90 bits per heavy atom. The first-order chi connectivity index (χ1) is 9.65. The van der Waals surface area contributed by atoms with Crippen molar-refractivity contribution in [2.24, 2.45) is 17.6 Å². The summed E-state index contributed by atoms with van der Waals surface area (Å²) in [6, 6.07) is 5.58. The van der Waals surface area contributed by atoms with Gasteiger partial charge in [-0.3, -0.25) is 4.79 Å². The van der Waals surface area contributed by atoms with E-state index >= 15 is 0 Å². The number of methoxy groups -OCH3 is 1. The molecule has 1 aliphatic rings. The Morgan fingerprint density at radius 2 is 2.20 bits per heavy atom. The van der Waals surface area contributed by atoms with Crippen LogP contribution >= 0.6 is 15.9 Å². The van der Waals surface area contributed by atoms with E-state index in [0.29, 0.717) is 23.9 Å². The molecule has 1 fully saturated rings. The van der Waals surface area contributed by atoms with Gasteiger partial charge >= 0.3 is 0 Å². The number of carbonyl (C=O) groups excluding carboxylic acids is 1. The summed E-state index contributed by atoms with van der Waals surface area (Å²) in [7, 11) is 1.60. The van der Waals surface area contributed by atoms with Crippen molar-refractivity contribution in [2.75, 3.05) is 19.0 Å². The maximum Gasteiger partial charge on any atom is 0.227 e. The van der Waals surface area contributed by atoms with Crippen LogP contribution in [0.25, 0.3) is 0 Å². The highest BCUT2D eigenvalue weighted by Gasteiger charge is 2.30. The van der Waals surface area contributed by atoms with Crippen LogP contribution in [0.2, 0.25) is 0 Å². The molecular formula is C15H21BrN2O2. The largest absolute Gasteiger partial charge is 0.495 e. The smallest absolute Gasteiger partial charge is 0.227 e. The molecule has 2 rings (SSSR count). The van der Waals surface area contributed by atoms with Crippen LogP contribution in [0.5, 0.6) is 5.75 Å². The topological polar surface area (TPSA) is 64.3 Å². The number of amides is 1. The van der Waals surface area contributed by atoms with Crippen molar-refractivity contribution >= 4 is 27.5 Å². The molecule has 4 nitrogen and oxygen atoms in total. The molecule has 1 saturated carbocycles. The number of anilines is 1. The van der Waals surface area contributed by atoms with Crippen molar-refractivity contribution in [3.63, 3.8) is 0 Å². The second-order valence-corrected chi connectivity index (χ2v) is 6.14. The zero-order valence-electron chi connectivity index (χ0n) is 11.7. The Morgan fingerprint density at radius 1 is 1.45 bits per heavy atom. The van der Waals surface area contributed by atoms with Gasteiger partial charge in [-0.05, 0) is 43.5 Å². The van der Waals surface area contributed by atoms with Crippen LogP contribution in [0, 0.1) is 11.8 Å². The predicted octanol–water partition coefficient (Wildman–Crippen LogP) is 3.16. The van der Waals surface area contributed by atoms with E-state index in [1.54, 1.807) is 7.11 Å².